The Bertz CT molecular complexity index is 332. The predicted molar refractivity (Wildman–Crippen MR) is 64.5 cm³/mol. The number of carbonyl (C=O) groups is 1. The van der Waals surface area contributed by atoms with Crippen LogP contribution in [0.15, 0.2) is 24.3 Å². The minimum Gasteiger partial charge on any atom is -0.481 e. The van der Waals surface area contributed by atoms with E-state index < -0.39 is 5.97 Å². The van der Waals surface area contributed by atoms with E-state index in [1.54, 1.807) is 0 Å². The van der Waals surface area contributed by atoms with Crippen LogP contribution in [0.4, 0.5) is 0 Å². The number of hydrogen-bond acceptors (Lipinski definition) is 2. The van der Waals surface area contributed by atoms with E-state index in [2.05, 4.69) is 36.5 Å². The van der Waals surface area contributed by atoms with Crippen molar-refractivity contribution in [1.29, 1.82) is 0 Å². The first-order valence-electron chi connectivity index (χ1n) is 5.67. The molecule has 1 aromatic carbocycles. The molecule has 3 heteroatoms. The van der Waals surface area contributed by atoms with E-state index in [4.69, 9.17) is 5.11 Å². The lowest BCUT2D eigenvalue weighted by Crippen LogP contribution is -2.21. The molecule has 88 valence electrons. The van der Waals surface area contributed by atoms with Crippen molar-refractivity contribution in [3.05, 3.63) is 35.4 Å². The Morgan fingerprint density at radius 3 is 2.50 bits per heavy atom. The summed E-state index contributed by atoms with van der Waals surface area (Å²) in [5.74, 6) is -0.763. The molecule has 0 aromatic heterocycles. The SMILES string of the molecule is CCc1ccc(C(C)NCCC(=O)O)cc1. The fraction of sp³-hybridized carbons (Fsp3) is 0.462. The van der Waals surface area contributed by atoms with Gasteiger partial charge in [0.2, 0.25) is 0 Å². The number of carboxylic acid groups (broad SMARTS) is 1. The zero-order valence-electron chi connectivity index (χ0n) is 9.86. The molecule has 16 heavy (non-hydrogen) atoms. The maximum atomic E-state index is 10.4. The van der Waals surface area contributed by atoms with Crippen LogP contribution in [0.5, 0.6) is 0 Å². The van der Waals surface area contributed by atoms with Crippen LogP contribution in [0.1, 0.15) is 37.4 Å². The number of benzene rings is 1. The zero-order chi connectivity index (χ0) is 12.0. The molecule has 1 aromatic rings. The van der Waals surface area contributed by atoms with Gasteiger partial charge < -0.3 is 10.4 Å². The molecule has 0 saturated heterocycles. The first-order valence-corrected chi connectivity index (χ1v) is 5.67. The third kappa shape index (κ3) is 4.03. The average Bonchev–Trinajstić information content (AvgIpc) is 2.28. The molecule has 1 unspecified atom stereocenters. The molecule has 0 radical (unpaired) electrons. The highest BCUT2D eigenvalue weighted by molar-refractivity contribution is 5.66. The van der Waals surface area contributed by atoms with E-state index in [0.717, 1.165) is 6.42 Å². The number of hydrogen-bond donors (Lipinski definition) is 2. The third-order valence-corrected chi connectivity index (χ3v) is 2.68. The van der Waals surface area contributed by atoms with Crippen LogP contribution >= 0.6 is 0 Å². The maximum Gasteiger partial charge on any atom is 0.304 e. The van der Waals surface area contributed by atoms with Crippen molar-refractivity contribution in [2.45, 2.75) is 32.7 Å². The van der Waals surface area contributed by atoms with Crippen LogP contribution in [-0.4, -0.2) is 17.6 Å². The summed E-state index contributed by atoms with van der Waals surface area (Å²) in [6.07, 6.45) is 1.21. The minimum absolute atomic E-state index is 0.164. The Hall–Kier alpha value is -1.35. The van der Waals surface area contributed by atoms with Crippen LogP contribution in [0.3, 0.4) is 0 Å². The van der Waals surface area contributed by atoms with Crippen molar-refractivity contribution in [2.24, 2.45) is 0 Å². The predicted octanol–water partition coefficient (Wildman–Crippen LogP) is 2.37. The van der Waals surface area contributed by atoms with Crippen molar-refractivity contribution in [1.82, 2.24) is 5.32 Å². The van der Waals surface area contributed by atoms with Crippen LogP contribution in [0.25, 0.3) is 0 Å². The van der Waals surface area contributed by atoms with E-state index in [1.807, 2.05) is 6.92 Å². The molecule has 0 fully saturated rings. The summed E-state index contributed by atoms with van der Waals surface area (Å²) < 4.78 is 0. The van der Waals surface area contributed by atoms with Crippen molar-refractivity contribution in [2.75, 3.05) is 6.54 Å². The van der Waals surface area contributed by atoms with Crippen LogP contribution in [0, 0.1) is 0 Å². The van der Waals surface area contributed by atoms with Crippen molar-refractivity contribution in [3.8, 4) is 0 Å². The fourth-order valence-corrected chi connectivity index (χ4v) is 1.56. The van der Waals surface area contributed by atoms with Gasteiger partial charge in [-0.2, -0.15) is 0 Å². The lowest BCUT2D eigenvalue weighted by Gasteiger charge is -2.13. The number of carboxylic acids is 1. The molecule has 1 rings (SSSR count). The molecule has 0 amide bonds. The summed E-state index contributed by atoms with van der Waals surface area (Å²) in [6, 6.07) is 8.62. The summed E-state index contributed by atoms with van der Waals surface area (Å²) in [6.45, 7) is 4.68. The molecule has 0 spiro atoms. The Labute approximate surface area is 96.5 Å². The monoisotopic (exact) mass is 221 g/mol. The van der Waals surface area contributed by atoms with Gasteiger partial charge in [-0.3, -0.25) is 4.79 Å². The van der Waals surface area contributed by atoms with Crippen molar-refractivity contribution < 1.29 is 9.90 Å². The molecule has 0 aliphatic carbocycles. The Kier molecular flexibility index (Phi) is 4.99. The molecule has 0 aliphatic rings. The Morgan fingerprint density at radius 2 is 2.00 bits per heavy atom. The Balaban J connectivity index is 2.45. The molecule has 0 saturated carbocycles. The average molecular weight is 221 g/mol. The highest BCUT2D eigenvalue weighted by Gasteiger charge is 2.05. The topological polar surface area (TPSA) is 49.3 Å². The molecule has 1 atom stereocenters. The highest BCUT2D eigenvalue weighted by Crippen LogP contribution is 2.13. The largest absolute Gasteiger partial charge is 0.481 e. The smallest absolute Gasteiger partial charge is 0.304 e. The second kappa shape index (κ2) is 6.28. The summed E-state index contributed by atoms with van der Waals surface area (Å²) in [4.78, 5) is 10.4. The fourth-order valence-electron chi connectivity index (χ4n) is 1.56. The van der Waals surface area contributed by atoms with Gasteiger partial charge in [-0.1, -0.05) is 31.2 Å². The second-order valence-electron chi connectivity index (χ2n) is 3.91. The normalized spacial score (nSPS) is 12.4. The van der Waals surface area contributed by atoms with Gasteiger partial charge >= 0.3 is 5.97 Å². The van der Waals surface area contributed by atoms with Gasteiger partial charge in [0.25, 0.3) is 0 Å². The maximum absolute atomic E-state index is 10.4. The lowest BCUT2D eigenvalue weighted by atomic mass is 10.1. The summed E-state index contributed by atoms with van der Waals surface area (Å²) in [5, 5.41) is 11.7. The van der Waals surface area contributed by atoms with Gasteiger partial charge in [0, 0.05) is 12.6 Å². The highest BCUT2D eigenvalue weighted by atomic mass is 16.4. The van der Waals surface area contributed by atoms with Gasteiger partial charge in [-0.25, -0.2) is 0 Å². The molecular weight excluding hydrogens is 202 g/mol. The lowest BCUT2D eigenvalue weighted by molar-refractivity contribution is -0.136. The minimum atomic E-state index is -0.763. The summed E-state index contributed by atoms with van der Waals surface area (Å²) in [7, 11) is 0. The van der Waals surface area contributed by atoms with Crippen LogP contribution in [0.2, 0.25) is 0 Å². The van der Waals surface area contributed by atoms with Crippen molar-refractivity contribution >= 4 is 5.97 Å². The summed E-state index contributed by atoms with van der Waals surface area (Å²) in [5.41, 5.74) is 2.52. The molecule has 0 bridgehead atoms. The van der Waals surface area contributed by atoms with Gasteiger partial charge in [-0.05, 0) is 24.5 Å². The van der Waals surface area contributed by atoms with E-state index in [9.17, 15) is 4.79 Å². The summed E-state index contributed by atoms with van der Waals surface area (Å²) >= 11 is 0. The standard InChI is InChI=1S/C13H19NO2/c1-3-11-4-6-12(7-5-11)10(2)14-9-8-13(15)16/h4-7,10,14H,3,8-9H2,1-2H3,(H,15,16). The van der Waals surface area contributed by atoms with Gasteiger partial charge in [0.05, 0.1) is 6.42 Å². The van der Waals surface area contributed by atoms with Crippen LogP contribution < -0.4 is 5.32 Å². The zero-order valence-corrected chi connectivity index (χ0v) is 9.86. The number of rotatable bonds is 6. The number of nitrogens with one attached hydrogen (secondary N) is 1. The van der Waals surface area contributed by atoms with Gasteiger partial charge in [0.15, 0.2) is 0 Å². The second-order valence-corrected chi connectivity index (χ2v) is 3.91. The molecule has 3 nitrogen and oxygen atoms in total. The third-order valence-electron chi connectivity index (χ3n) is 2.68. The van der Waals surface area contributed by atoms with E-state index >= 15 is 0 Å². The molecule has 0 aliphatic heterocycles. The molecule has 2 N–H and O–H groups in total. The Morgan fingerprint density at radius 1 is 1.38 bits per heavy atom. The number of aliphatic carboxylic acids is 1. The molecule has 0 heterocycles. The first-order chi connectivity index (χ1) is 7.63. The van der Waals surface area contributed by atoms with Crippen molar-refractivity contribution in [3.63, 3.8) is 0 Å². The quantitative estimate of drug-likeness (QED) is 0.775. The van der Waals surface area contributed by atoms with E-state index in [-0.39, 0.29) is 12.5 Å². The van der Waals surface area contributed by atoms with Gasteiger partial charge in [-0.15, -0.1) is 0 Å². The molecular formula is C13H19NO2. The van der Waals surface area contributed by atoms with Crippen LogP contribution in [-0.2, 0) is 11.2 Å². The number of aryl methyl sites for hydroxylation is 1. The van der Waals surface area contributed by atoms with Gasteiger partial charge in [0.1, 0.15) is 0 Å². The van der Waals surface area contributed by atoms with E-state index in [0.29, 0.717) is 6.54 Å². The van der Waals surface area contributed by atoms with E-state index in [1.165, 1.54) is 11.1 Å². The first kappa shape index (κ1) is 12.7.